The summed E-state index contributed by atoms with van der Waals surface area (Å²) in [5.74, 6) is 0.839. The molecule has 2 aromatic carbocycles. The molecule has 1 fully saturated rings. The zero-order valence-corrected chi connectivity index (χ0v) is 23.9. The number of sulfonamides is 1. The van der Waals surface area contributed by atoms with Crippen molar-refractivity contribution in [2.24, 2.45) is 0 Å². The van der Waals surface area contributed by atoms with Crippen molar-refractivity contribution in [1.82, 2.24) is 13.9 Å². The maximum absolute atomic E-state index is 13.9. The number of carbonyl (C=O) groups is 1. The van der Waals surface area contributed by atoms with Gasteiger partial charge >= 0.3 is 0 Å². The predicted molar refractivity (Wildman–Crippen MR) is 154 cm³/mol. The number of hydrogen-bond donors (Lipinski definition) is 1. The molecule has 5 rings (SSSR count). The highest BCUT2D eigenvalue weighted by atomic mass is 32.2. The summed E-state index contributed by atoms with van der Waals surface area (Å²) in [5.41, 5.74) is 0.827. The van der Waals surface area contributed by atoms with Crippen LogP contribution in [0, 0.1) is 6.92 Å². The first kappa shape index (κ1) is 27.6. The van der Waals surface area contributed by atoms with Gasteiger partial charge in [0.2, 0.25) is 15.9 Å². The Morgan fingerprint density at radius 2 is 1.80 bits per heavy atom. The molecular formula is C27H29N5O6S2. The van der Waals surface area contributed by atoms with Crippen LogP contribution in [0.3, 0.4) is 0 Å². The molecule has 1 aliphatic heterocycles. The molecule has 210 valence electrons. The summed E-state index contributed by atoms with van der Waals surface area (Å²) < 4.78 is 40.9. The number of thiophene rings is 1. The highest BCUT2D eigenvalue weighted by Gasteiger charge is 2.34. The smallest absolute Gasteiger partial charge is 0.263 e. The molecule has 0 spiro atoms. The Labute approximate surface area is 235 Å². The lowest BCUT2D eigenvalue weighted by atomic mass is 10.2. The Morgan fingerprint density at radius 3 is 2.52 bits per heavy atom. The Bertz CT molecular complexity index is 1730. The minimum atomic E-state index is -4.00. The van der Waals surface area contributed by atoms with Crippen molar-refractivity contribution in [2.75, 3.05) is 50.6 Å². The van der Waals surface area contributed by atoms with E-state index in [-0.39, 0.29) is 29.9 Å². The third-order valence-electron chi connectivity index (χ3n) is 6.73. The van der Waals surface area contributed by atoms with Crippen molar-refractivity contribution in [1.29, 1.82) is 0 Å². The number of piperazine rings is 1. The number of rotatable bonds is 8. The first-order chi connectivity index (χ1) is 19.2. The van der Waals surface area contributed by atoms with E-state index < -0.39 is 21.5 Å². The highest BCUT2D eigenvalue weighted by molar-refractivity contribution is 7.89. The molecule has 1 N–H and O–H groups in total. The van der Waals surface area contributed by atoms with Gasteiger partial charge in [0.25, 0.3) is 5.56 Å². The number of amides is 1. The molecule has 1 aliphatic rings. The van der Waals surface area contributed by atoms with E-state index in [0.29, 0.717) is 34.2 Å². The summed E-state index contributed by atoms with van der Waals surface area (Å²) >= 11 is 1.15. The fourth-order valence-corrected chi connectivity index (χ4v) is 7.87. The number of nitrogens with one attached hydrogen (secondary N) is 1. The predicted octanol–water partition coefficient (Wildman–Crippen LogP) is 2.93. The minimum Gasteiger partial charge on any atom is -0.497 e. The number of ether oxygens (including phenoxy) is 2. The van der Waals surface area contributed by atoms with Gasteiger partial charge in [-0.1, -0.05) is 18.2 Å². The SMILES string of the molecule is COc1cccc(NC(=O)Cn2cnc3sc(C)c(S(=O)(=O)N4CCN(c5ccccc5OC)CC4)c3c2=O)c1. The van der Waals surface area contributed by atoms with Crippen LogP contribution in [0.15, 0.2) is 64.5 Å². The van der Waals surface area contributed by atoms with E-state index in [2.05, 4.69) is 15.2 Å². The van der Waals surface area contributed by atoms with Gasteiger partial charge in [-0.25, -0.2) is 13.4 Å². The fourth-order valence-electron chi connectivity index (χ4n) is 4.78. The van der Waals surface area contributed by atoms with Gasteiger partial charge in [-0.3, -0.25) is 14.2 Å². The second-order valence-electron chi connectivity index (χ2n) is 9.19. The van der Waals surface area contributed by atoms with Gasteiger partial charge in [-0.05, 0) is 31.2 Å². The Balaban J connectivity index is 1.39. The van der Waals surface area contributed by atoms with Gasteiger partial charge in [0.05, 0.1) is 31.6 Å². The monoisotopic (exact) mass is 583 g/mol. The molecule has 3 heterocycles. The number of para-hydroxylation sites is 2. The number of hydrogen-bond acceptors (Lipinski definition) is 9. The van der Waals surface area contributed by atoms with Crippen LogP contribution in [0.2, 0.25) is 0 Å². The number of aryl methyl sites for hydroxylation is 1. The van der Waals surface area contributed by atoms with Crippen molar-refractivity contribution >= 4 is 48.9 Å². The molecule has 0 saturated carbocycles. The molecule has 2 aromatic heterocycles. The largest absolute Gasteiger partial charge is 0.497 e. The fraction of sp³-hybridized carbons (Fsp3) is 0.296. The van der Waals surface area contributed by atoms with Crippen molar-refractivity contribution in [3.63, 3.8) is 0 Å². The summed E-state index contributed by atoms with van der Waals surface area (Å²) in [6, 6.07) is 14.4. The molecule has 11 nitrogen and oxygen atoms in total. The summed E-state index contributed by atoms with van der Waals surface area (Å²) in [7, 11) is -0.875. The summed E-state index contributed by atoms with van der Waals surface area (Å²) in [4.78, 5) is 33.4. The molecule has 0 aliphatic carbocycles. The van der Waals surface area contributed by atoms with E-state index in [1.807, 2.05) is 24.3 Å². The van der Waals surface area contributed by atoms with E-state index in [1.165, 1.54) is 17.7 Å². The maximum atomic E-state index is 13.9. The molecule has 13 heteroatoms. The number of aromatic nitrogens is 2. The Kier molecular flexibility index (Phi) is 7.79. The number of carbonyl (C=O) groups excluding carboxylic acids is 1. The van der Waals surface area contributed by atoms with E-state index in [1.54, 1.807) is 38.3 Å². The number of fused-ring (bicyclic) bond motifs is 1. The van der Waals surface area contributed by atoms with Crippen LogP contribution in [-0.2, 0) is 21.4 Å². The number of anilines is 2. The van der Waals surface area contributed by atoms with Gasteiger partial charge in [-0.15, -0.1) is 11.3 Å². The quantitative estimate of drug-likeness (QED) is 0.336. The molecule has 1 saturated heterocycles. The third kappa shape index (κ3) is 5.27. The van der Waals surface area contributed by atoms with Gasteiger partial charge in [0.15, 0.2) is 0 Å². The standard InChI is InChI=1S/C27H29N5O6S2/c1-18-25(40(35,36)32-13-11-30(12-14-32)21-9-4-5-10-22(21)38-3)24-26(39-18)28-17-31(27(24)34)16-23(33)29-19-7-6-8-20(15-19)37-2/h4-10,15,17H,11-14,16H2,1-3H3,(H,29,33). The summed E-state index contributed by atoms with van der Waals surface area (Å²) in [6.07, 6.45) is 1.27. The van der Waals surface area contributed by atoms with Gasteiger partial charge in [0.1, 0.15) is 27.8 Å². The van der Waals surface area contributed by atoms with Gasteiger partial charge in [-0.2, -0.15) is 4.31 Å². The second-order valence-corrected chi connectivity index (χ2v) is 12.3. The van der Waals surface area contributed by atoms with E-state index in [4.69, 9.17) is 9.47 Å². The molecule has 0 unspecified atom stereocenters. The topological polar surface area (TPSA) is 123 Å². The lowest BCUT2D eigenvalue weighted by Gasteiger charge is -2.35. The van der Waals surface area contributed by atoms with E-state index >= 15 is 0 Å². The second kappa shape index (κ2) is 11.3. The van der Waals surface area contributed by atoms with Crippen molar-refractivity contribution in [3.8, 4) is 11.5 Å². The molecule has 0 radical (unpaired) electrons. The van der Waals surface area contributed by atoms with E-state index in [0.717, 1.165) is 27.3 Å². The molecule has 4 aromatic rings. The first-order valence-corrected chi connectivity index (χ1v) is 14.8. The normalized spacial score (nSPS) is 14.3. The lowest BCUT2D eigenvalue weighted by Crippen LogP contribution is -2.49. The average Bonchev–Trinajstić information content (AvgIpc) is 3.32. The van der Waals surface area contributed by atoms with Crippen LogP contribution in [-0.4, -0.2) is 68.6 Å². The minimum absolute atomic E-state index is 0.00587. The molecule has 40 heavy (non-hydrogen) atoms. The lowest BCUT2D eigenvalue weighted by molar-refractivity contribution is -0.116. The number of nitrogens with zero attached hydrogens (tertiary/aromatic N) is 4. The van der Waals surface area contributed by atoms with Crippen LogP contribution >= 0.6 is 11.3 Å². The Morgan fingerprint density at radius 1 is 1.05 bits per heavy atom. The third-order valence-corrected chi connectivity index (χ3v) is 9.94. The summed E-state index contributed by atoms with van der Waals surface area (Å²) in [6.45, 7) is 2.76. The molecule has 0 bridgehead atoms. The van der Waals surface area contributed by atoms with Crippen molar-refractivity contribution in [3.05, 3.63) is 70.1 Å². The molecule has 0 atom stereocenters. The van der Waals surface area contributed by atoms with Crippen LogP contribution in [0.1, 0.15) is 4.88 Å². The zero-order valence-electron chi connectivity index (χ0n) is 22.3. The van der Waals surface area contributed by atoms with Crippen LogP contribution in [0.5, 0.6) is 11.5 Å². The zero-order chi connectivity index (χ0) is 28.4. The highest BCUT2D eigenvalue weighted by Crippen LogP contribution is 2.34. The van der Waals surface area contributed by atoms with E-state index in [9.17, 15) is 18.0 Å². The molecular weight excluding hydrogens is 554 g/mol. The first-order valence-electron chi connectivity index (χ1n) is 12.5. The van der Waals surface area contributed by atoms with Gasteiger partial charge in [0, 0.05) is 42.8 Å². The number of methoxy groups -OCH3 is 2. The average molecular weight is 584 g/mol. The molecule has 1 amide bonds. The van der Waals surface area contributed by atoms with Crippen molar-refractivity contribution < 1.29 is 22.7 Å². The van der Waals surface area contributed by atoms with Gasteiger partial charge < -0.3 is 19.7 Å². The number of benzene rings is 2. The summed E-state index contributed by atoms with van der Waals surface area (Å²) in [5, 5.41) is 2.73. The Hall–Kier alpha value is -3.94. The van der Waals surface area contributed by atoms with Crippen molar-refractivity contribution in [2.45, 2.75) is 18.4 Å². The van der Waals surface area contributed by atoms with Crippen LogP contribution in [0.25, 0.3) is 10.2 Å². The maximum Gasteiger partial charge on any atom is 0.263 e. The van der Waals surface area contributed by atoms with Crippen LogP contribution < -0.4 is 25.2 Å². The van der Waals surface area contributed by atoms with Crippen LogP contribution in [0.4, 0.5) is 11.4 Å².